The Labute approximate surface area is 160 Å². The molecule has 4 heterocycles. The van der Waals surface area contributed by atoms with Crippen LogP contribution in [0.5, 0.6) is 0 Å². The largest absolute Gasteiger partial charge is 0.337 e. The predicted octanol–water partition coefficient (Wildman–Crippen LogP) is 1.46. The highest BCUT2D eigenvalue weighted by Gasteiger charge is 2.47. The molecule has 4 rings (SSSR count). The Morgan fingerprint density at radius 1 is 1.21 bits per heavy atom. The summed E-state index contributed by atoms with van der Waals surface area (Å²) in [6.45, 7) is 0.767. The molecule has 2 aromatic rings. The average molecular weight is 390 g/mol. The van der Waals surface area contributed by atoms with Gasteiger partial charge in [-0.2, -0.15) is 0 Å². The summed E-state index contributed by atoms with van der Waals surface area (Å²) < 4.78 is 29.5. The van der Waals surface area contributed by atoms with E-state index in [4.69, 9.17) is 0 Å². The first-order chi connectivity index (χ1) is 13.4. The number of alkyl halides is 2. The topological polar surface area (TPSA) is 84.2 Å². The smallest absolute Gasteiger partial charge is 0.276 e. The average Bonchev–Trinajstić information content (AvgIpc) is 3.42. The number of carbonyl (C=O) groups excluding carboxylic acids is 2. The fraction of sp³-hybridized carbons (Fsp3) is 0.500. The van der Waals surface area contributed by atoms with Gasteiger partial charge in [0.2, 0.25) is 0 Å². The van der Waals surface area contributed by atoms with Crippen molar-refractivity contribution in [2.75, 3.05) is 19.6 Å². The van der Waals surface area contributed by atoms with E-state index < -0.39 is 30.8 Å². The van der Waals surface area contributed by atoms with Gasteiger partial charge in [0.15, 0.2) is 5.69 Å². The van der Waals surface area contributed by atoms with Crippen LogP contribution in [-0.4, -0.2) is 73.2 Å². The molecule has 0 saturated carbocycles. The first kappa shape index (κ1) is 18.5. The van der Waals surface area contributed by atoms with Crippen LogP contribution in [0.1, 0.15) is 40.1 Å². The Kier molecular flexibility index (Phi) is 4.78. The van der Waals surface area contributed by atoms with Crippen LogP contribution >= 0.6 is 0 Å². The van der Waals surface area contributed by atoms with Crippen LogP contribution in [0.3, 0.4) is 0 Å². The van der Waals surface area contributed by atoms with E-state index in [0.29, 0.717) is 13.1 Å². The second-order valence-corrected chi connectivity index (χ2v) is 7.21. The fourth-order valence-corrected chi connectivity index (χ4v) is 3.74. The molecule has 10 heteroatoms. The molecule has 148 valence electrons. The monoisotopic (exact) mass is 390 g/mol. The van der Waals surface area contributed by atoms with Gasteiger partial charge in [0.05, 0.1) is 30.9 Å². The maximum absolute atomic E-state index is 14.0. The third-order valence-corrected chi connectivity index (χ3v) is 5.09. The summed E-state index contributed by atoms with van der Waals surface area (Å²) >= 11 is 0. The summed E-state index contributed by atoms with van der Waals surface area (Å²) in [7, 11) is 0. The highest BCUT2D eigenvalue weighted by atomic mass is 19.3. The molecule has 2 fully saturated rings. The molecule has 0 bridgehead atoms. The number of carbonyl (C=O) groups is 2. The maximum Gasteiger partial charge on any atom is 0.276 e. The van der Waals surface area contributed by atoms with E-state index in [-0.39, 0.29) is 23.7 Å². The molecule has 0 N–H and O–H groups in total. The zero-order chi connectivity index (χ0) is 19.7. The molecule has 0 unspecified atom stereocenters. The van der Waals surface area contributed by atoms with E-state index in [2.05, 4.69) is 15.3 Å². The van der Waals surface area contributed by atoms with Gasteiger partial charge in [-0.25, -0.2) is 13.5 Å². The van der Waals surface area contributed by atoms with Gasteiger partial charge in [0.1, 0.15) is 0 Å². The van der Waals surface area contributed by atoms with Crippen LogP contribution in [0.25, 0.3) is 0 Å². The Morgan fingerprint density at radius 3 is 2.71 bits per heavy atom. The number of halogens is 2. The molecule has 1 atom stereocenters. The molecule has 8 nitrogen and oxygen atoms in total. The molecular weight excluding hydrogens is 370 g/mol. The summed E-state index contributed by atoms with van der Waals surface area (Å²) in [6.07, 6.45) is 5.79. The Bertz CT molecular complexity index is 866. The van der Waals surface area contributed by atoms with E-state index >= 15 is 0 Å². The van der Waals surface area contributed by atoms with Crippen molar-refractivity contribution < 1.29 is 18.4 Å². The molecular formula is C18H20F2N6O2. The third-order valence-electron chi connectivity index (χ3n) is 5.09. The third kappa shape index (κ3) is 3.71. The van der Waals surface area contributed by atoms with Crippen molar-refractivity contribution in [2.45, 2.75) is 37.8 Å². The second-order valence-electron chi connectivity index (χ2n) is 7.21. The standard InChI is InChI=1S/C18H20F2N6O2/c19-18(20)8-14(26(12-18)16(27)13-4-3-5-21-9-13)10-25-11-15(22-23-25)17(28)24-6-1-2-7-24/h3-5,9,11,14H,1-2,6-8,10,12H2/t14-/m0/s1. The zero-order valence-corrected chi connectivity index (χ0v) is 15.2. The van der Waals surface area contributed by atoms with Gasteiger partial charge in [-0.1, -0.05) is 5.21 Å². The van der Waals surface area contributed by atoms with Crippen LogP contribution in [-0.2, 0) is 6.54 Å². The van der Waals surface area contributed by atoms with Gasteiger partial charge in [0.25, 0.3) is 17.7 Å². The highest BCUT2D eigenvalue weighted by molar-refractivity contribution is 5.94. The predicted molar refractivity (Wildman–Crippen MR) is 93.8 cm³/mol. The van der Waals surface area contributed by atoms with E-state index in [1.807, 2.05) is 0 Å². The Morgan fingerprint density at radius 2 is 2.00 bits per heavy atom. The van der Waals surface area contributed by atoms with Crippen molar-refractivity contribution in [3.8, 4) is 0 Å². The van der Waals surface area contributed by atoms with Crippen molar-refractivity contribution in [2.24, 2.45) is 0 Å². The van der Waals surface area contributed by atoms with Gasteiger partial charge in [-0.15, -0.1) is 5.10 Å². The van der Waals surface area contributed by atoms with E-state index in [1.54, 1.807) is 17.0 Å². The van der Waals surface area contributed by atoms with Gasteiger partial charge in [-0.05, 0) is 25.0 Å². The number of rotatable bonds is 4. The van der Waals surface area contributed by atoms with Crippen LogP contribution in [0.15, 0.2) is 30.7 Å². The number of likely N-dealkylation sites (tertiary alicyclic amines) is 2. The minimum atomic E-state index is -2.97. The molecule has 0 aliphatic carbocycles. The van der Waals surface area contributed by atoms with Crippen molar-refractivity contribution in [3.63, 3.8) is 0 Å². The van der Waals surface area contributed by atoms with Crippen LogP contribution in [0, 0.1) is 0 Å². The summed E-state index contributed by atoms with van der Waals surface area (Å²) in [5, 5.41) is 7.80. The lowest BCUT2D eigenvalue weighted by atomic mass is 10.2. The van der Waals surface area contributed by atoms with Crippen LogP contribution < -0.4 is 0 Å². The van der Waals surface area contributed by atoms with Crippen molar-refractivity contribution in [1.82, 2.24) is 29.8 Å². The van der Waals surface area contributed by atoms with Crippen molar-refractivity contribution in [1.29, 1.82) is 0 Å². The highest BCUT2D eigenvalue weighted by Crippen LogP contribution is 2.33. The molecule has 2 saturated heterocycles. The summed E-state index contributed by atoms with van der Waals surface area (Å²) in [4.78, 5) is 31.8. The molecule has 0 spiro atoms. The van der Waals surface area contributed by atoms with Gasteiger partial charge < -0.3 is 9.80 Å². The summed E-state index contributed by atoms with van der Waals surface area (Å²) in [5.41, 5.74) is 0.450. The number of hydrogen-bond acceptors (Lipinski definition) is 5. The summed E-state index contributed by atoms with van der Waals surface area (Å²) in [5.74, 6) is -3.68. The lowest BCUT2D eigenvalue weighted by molar-refractivity contribution is 0.0117. The Hall–Kier alpha value is -2.91. The molecule has 28 heavy (non-hydrogen) atoms. The first-order valence-corrected chi connectivity index (χ1v) is 9.21. The van der Waals surface area contributed by atoms with Gasteiger partial charge in [-0.3, -0.25) is 14.6 Å². The summed E-state index contributed by atoms with van der Waals surface area (Å²) in [6, 6.07) is 2.38. The minimum absolute atomic E-state index is 0.0435. The molecule has 2 aromatic heterocycles. The molecule has 2 aliphatic heterocycles. The Balaban J connectivity index is 1.49. The fourth-order valence-electron chi connectivity index (χ4n) is 3.74. The van der Waals surface area contributed by atoms with Crippen molar-refractivity contribution >= 4 is 11.8 Å². The van der Waals surface area contributed by atoms with Crippen LogP contribution in [0.2, 0.25) is 0 Å². The van der Waals surface area contributed by atoms with E-state index in [1.165, 1.54) is 23.3 Å². The number of hydrogen-bond donors (Lipinski definition) is 0. The van der Waals surface area contributed by atoms with Crippen molar-refractivity contribution in [3.05, 3.63) is 42.0 Å². The van der Waals surface area contributed by atoms with E-state index in [0.717, 1.165) is 17.7 Å². The van der Waals surface area contributed by atoms with E-state index in [9.17, 15) is 18.4 Å². The first-order valence-electron chi connectivity index (χ1n) is 9.21. The number of amides is 2. The number of pyridine rings is 1. The normalized spacial score (nSPS) is 21.3. The molecule has 0 radical (unpaired) electrons. The zero-order valence-electron chi connectivity index (χ0n) is 15.2. The molecule has 2 amide bonds. The SMILES string of the molecule is O=C(c1cn(C[C@@H]2CC(F)(F)CN2C(=O)c2cccnc2)nn1)N1CCCC1. The molecule has 2 aliphatic rings. The quantitative estimate of drug-likeness (QED) is 0.789. The lowest BCUT2D eigenvalue weighted by Crippen LogP contribution is -2.38. The second kappa shape index (κ2) is 7.25. The van der Waals surface area contributed by atoms with Gasteiger partial charge >= 0.3 is 0 Å². The minimum Gasteiger partial charge on any atom is -0.337 e. The molecule has 0 aromatic carbocycles. The number of nitrogens with zero attached hydrogens (tertiary/aromatic N) is 6. The number of aromatic nitrogens is 4. The van der Waals surface area contributed by atoms with Gasteiger partial charge in [0, 0.05) is 31.9 Å². The maximum atomic E-state index is 14.0. The lowest BCUT2D eigenvalue weighted by Gasteiger charge is -2.23. The van der Waals surface area contributed by atoms with Crippen LogP contribution in [0.4, 0.5) is 8.78 Å².